The SMILES string of the molecule is CSc1ccccc1Cc1ccccc1C1=NC(C)(C)CO1. The average Bonchev–Trinajstić information content (AvgIpc) is 2.88. The molecule has 0 radical (unpaired) electrons. The average molecular weight is 311 g/mol. The topological polar surface area (TPSA) is 21.6 Å². The van der Waals surface area contributed by atoms with Crippen molar-refractivity contribution in [1.82, 2.24) is 0 Å². The number of benzene rings is 2. The van der Waals surface area contributed by atoms with E-state index in [9.17, 15) is 0 Å². The van der Waals surface area contributed by atoms with Crippen molar-refractivity contribution in [2.24, 2.45) is 4.99 Å². The molecule has 0 spiro atoms. The molecule has 0 amide bonds. The van der Waals surface area contributed by atoms with Gasteiger partial charge in [0.25, 0.3) is 0 Å². The van der Waals surface area contributed by atoms with Gasteiger partial charge in [-0.2, -0.15) is 0 Å². The minimum Gasteiger partial charge on any atom is -0.475 e. The van der Waals surface area contributed by atoms with E-state index in [0.717, 1.165) is 17.9 Å². The van der Waals surface area contributed by atoms with Crippen LogP contribution in [-0.4, -0.2) is 24.3 Å². The molecular weight excluding hydrogens is 290 g/mol. The minimum atomic E-state index is -0.125. The third-order valence-corrected chi connectivity index (χ3v) is 4.63. The summed E-state index contributed by atoms with van der Waals surface area (Å²) >= 11 is 1.79. The zero-order valence-electron chi connectivity index (χ0n) is 13.3. The van der Waals surface area contributed by atoms with Crippen LogP contribution in [0.15, 0.2) is 58.4 Å². The van der Waals surface area contributed by atoms with Gasteiger partial charge in [-0.3, -0.25) is 0 Å². The molecule has 2 nitrogen and oxygen atoms in total. The summed E-state index contributed by atoms with van der Waals surface area (Å²) in [5, 5.41) is 0. The Morgan fingerprint density at radius 3 is 2.41 bits per heavy atom. The van der Waals surface area contributed by atoms with Gasteiger partial charge in [-0.05, 0) is 49.8 Å². The van der Waals surface area contributed by atoms with Crippen molar-refractivity contribution in [2.75, 3.05) is 12.9 Å². The number of thioether (sulfide) groups is 1. The van der Waals surface area contributed by atoms with Crippen molar-refractivity contribution in [3.05, 3.63) is 65.2 Å². The standard InChI is InChI=1S/C19H21NOS/c1-19(2)13-21-18(20-19)16-10-6-4-8-14(16)12-15-9-5-7-11-17(15)22-3/h4-11H,12-13H2,1-3H3. The summed E-state index contributed by atoms with van der Waals surface area (Å²) in [7, 11) is 0. The van der Waals surface area contributed by atoms with Crippen LogP contribution in [0.2, 0.25) is 0 Å². The molecule has 0 N–H and O–H groups in total. The van der Waals surface area contributed by atoms with Crippen LogP contribution in [0.3, 0.4) is 0 Å². The van der Waals surface area contributed by atoms with Crippen molar-refractivity contribution >= 4 is 17.7 Å². The maximum absolute atomic E-state index is 5.83. The van der Waals surface area contributed by atoms with E-state index in [0.29, 0.717) is 6.61 Å². The van der Waals surface area contributed by atoms with Crippen LogP contribution in [0.1, 0.15) is 30.5 Å². The van der Waals surface area contributed by atoms with E-state index in [1.165, 1.54) is 16.0 Å². The van der Waals surface area contributed by atoms with Crippen LogP contribution in [0.4, 0.5) is 0 Å². The number of hydrogen-bond donors (Lipinski definition) is 0. The Balaban J connectivity index is 1.96. The van der Waals surface area contributed by atoms with Gasteiger partial charge < -0.3 is 4.74 Å². The van der Waals surface area contributed by atoms with Crippen molar-refractivity contribution in [1.29, 1.82) is 0 Å². The van der Waals surface area contributed by atoms with E-state index in [2.05, 4.69) is 68.6 Å². The molecule has 22 heavy (non-hydrogen) atoms. The highest BCUT2D eigenvalue weighted by Crippen LogP contribution is 2.26. The summed E-state index contributed by atoms with van der Waals surface area (Å²) < 4.78 is 5.83. The van der Waals surface area contributed by atoms with Crippen molar-refractivity contribution < 1.29 is 4.74 Å². The fourth-order valence-corrected chi connectivity index (χ4v) is 3.28. The third kappa shape index (κ3) is 3.20. The first-order chi connectivity index (χ1) is 10.6. The lowest BCUT2D eigenvalue weighted by atomic mass is 9.99. The van der Waals surface area contributed by atoms with Gasteiger partial charge >= 0.3 is 0 Å². The molecule has 3 rings (SSSR count). The molecule has 0 fully saturated rings. The highest BCUT2D eigenvalue weighted by molar-refractivity contribution is 7.98. The molecule has 0 aliphatic carbocycles. The number of aliphatic imine (C=N–C) groups is 1. The van der Waals surface area contributed by atoms with Crippen molar-refractivity contribution in [2.45, 2.75) is 30.7 Å². The van der Waals surface area contributed by atoms with Crippen LogP contribution in [0.5, 0.6) is 0 Å². The summed E-state index contributed by atoms with van der Waals surface area (Å²) in [4.78, 5) is 6.05. The zero-order chi connectivity index (χ0) is 15.6. The number of ether oxygens (including phenoxy) is 1. The maximum Gasteiger partial charge on any atom is 0.217 e. The summed E-state index contributed by atoms with van der Waals surface area (Å²) in [5.74, 6) is 0.780. The number of rotatable bonds is 4. The Hall–Kier alpha value is -1.74. The van der Waals surface area contributed by atoms with Gasteiger partial charge in [0.1, 0.15) is 6.61 Å². The highest BCUT2D eigenvalue weighted by atomic mass is 32.2. The number of hydrogen-bond acceptors (Lipinski definition) is 3. The molecule has 0 bridgehead atoms. The molecule has 0 saturated carbocycles. The third-order valence-electron chi connectivity index (χ3n) is 3.79. The normalized spacial score (nSPS) is 16.2. The van der Waals surface area contributed by atoms with Gasteiger partial charge in [-0.1, -0.05) is 36.4 Å². The second-order valence-corrected chi connectivity index (χ2v) is 7.01. The quantitative estimate of drug-likeness (QED) is 0.772. The van der Waals surface area contributed by atoms with E-state index in [1.54, 1.807) is 11.8 Å². The molecule has 2 aromatic rings. The second kappa shape index (κ2) is 6.17. The molecule has 2 aromatic carbocycles. The number of nitrogens with zero attached hydrogens (tertiary/aromatic N) is 1. The lowest BCUT2D eigenvalue weighted by Crippen LogP contribution is -2.17. The summed E-state index contributed by atoms with van der Waals surface area (Å²) in [6.07, 6.45) is 3.02. The molecule has 0 atom stereocenters. The Morgan fingerprint density at radius 1 is 1.05 bits per heavy atom. The minimum absolute atomic E-state index is 0.125. The van der Waals surface area contributed by atoms with Gasteiger partial charge in [0.2, 0.25) is 5.90 Å². The van der Waals surface area contributed by atoms with E-state index in [1.807, 2.05) is 0 Å². The second-order valence-electron chi connectivity index (χ2n) is 6.16. The van der Waals surface area contributed by atoms with Crippen LogP contribution in [0.25, 0.3) is 0 Å². The van der Waals surface area contributed by atoms with Crippen molar-refractivity contribution in [3.8, 4) is 0 Å². The first-order valence-electron chi connectivity index (χ1n) is 7.52. The van der Waals surface area contributed by atoms with Crippen LogP contribution >= 0.6 is 11.8 Å². The summed E-state index contributed by atoms with van der Waals surface area (Å²) in [5.41, 5.74) is 3.60. The maximum atomic E-state index is 5.83. The van der Waals surface area contributed by atoms with Crippen LogP contribution in [0, 0.1) is 0 Å². The Bertz CT molecular complexity index is 706. The molecule has 0 saturated heterocycles. The van der Waals surface area contributed by atoms with Gasteiger partial charge in [-0.15, -0.1) is 11.8 Å². The molecule has 1 aliphatic rings. The first kappa shape index (κ1) is 15.2. The fraction of sp³-hybridized carbons (Fsp3) is 0.316. The van der Waals surface area contributed by atoms with Crippen LogP contribution < -0.4 is 0 Å². The molecule has 0 aromatic heterocycles. The van der Waals surface area contributed by atoms with E-state index in [4.69, 9.17) is 9.73 Å². The highest BCUT2D eigenvalue weighted by Gasteiger charge is 2.28. The molecule has 1 aliphatic heterocycles. The van der Waals surface area contributed by atoms with Gasteiger partial charge in [0.05, 0.1) is 5.54 Å². The van der Waals surface area contributed by atoms with Gasteiger partial charge in [-0.25, -0.2) is 4.99 Å². The van der Waals surface area contributed by atoms with Crippen LogP contribution in [-0.2, 0) is 11.2 Å². The van der Waals surface area contributed by atoms with Crippen molar-refractivity contribution in [3.63, 3.8) is 0 Å². The lowest BCUT2D eigenvalue weighted by molar-refractivity contribution is 0.279. The molecule has 114 valence electrons. The van der Waals surface area contributed by atoms with E-state index >= 15 is 0 Å². The Morgan fingerprint density at radius 2 is 1.73 bits per heavy atom. The summed E-state index contributed by atoms with van der Waals surface area (Å²) in [6.45, 7) is 4.86. The van der Waals surface area contributed by atoms with E-state index < -0.39 is 0 Å². The predicted octanol–water partition coefficient (Wildman–Crippen LogP) is 4.55. The first-order valence-corrected chi connectivity index (χ1v) is 8.74. The molecule has 0 unspecified atom stereocenters. The monoisotopic (exact) mass is 311 g/mol. The fourth-order valence-electron chi connectivity index (χ4n) is 2.66. The van der Waals surface area contributed by atoms with Gasteiger partial charge in [0.15, 0.2) is 0 Å². The molecule has 3 heteroatoms. The predicted molar refractivity (Wildman–Crippen MR) is 94.0 cm³/mol. The lowest BCUT2D eigenvalue weighted by Gasteiger charge is -2.11. The molecular formula is C19H21NOS. The Labute approximate surface area is 136 Å². The Kier molecular flexibility index (Phi) is 4.25. The molecule has 1 heterocycles. The largest absolute Gasteiger partial charge is 0.475 e. The summed E-state index contributed by atoms with van der Waals surface area (Å²) in [6, 6.07) is 17.0. The van der Waals surface area contributed by atoms with Gasteiger partial charge in [0, 0.05) is 10.5 Å². The van der Waals surface area contributed by atoms with E-state index in [-0.39, 0.29) is 5.54 Å². The smallest absolute Gasteiger partial charge is 0.217 e. The zero-order valence-corrected chi connectivity index (χ0v) is 14.1.